The van der Waals surface area contributed by atoms with Gasteiger partial charge >= 0.3 is 12.1 Å². The lowest BCUT2D eigenvalue weighted by Crippen LogP contribution is -2.45. The first kappa shape index (κ1) is 24.0. The van der Waals surface area contributed by atoms with Crippen LogP contribution in [0.2, 0.25) is 0 Å². The van der Waals surface area contributed by atoms with Crippen molar-refractivity contribution in [3.8, 4) is 16.9 Å². The minimum absolute atomic E-state index is 0.121. The molecule has 0 spiro atoms. The van der Waals surface area contributed by atoms with Crippen LogP contribution in [0, 0.1) is 0 Å². The topological polar surface area (TPSA) is 104 Å². The van der Waals surface area contributed by atoms with Crippen LogP contribution in [-0.2, 0) is 20.7 Å². The van der Waals surface area contributed by atoms with E-state index in [2.05, 4.69) is 10.3 Å². The molecule has 0 fully saturated rings. The van der Waals surface area contributed by atoms with E-state index in [0.717, 1.165) is 27.7 Å². The number of phenolic OH excluding ortho intramolecular Hbond substituents is 1. The molecule has 0 radical (unpaired) electrons. The first-order valence-electron chi connectivity index (χ1n) is 10.7. The summed E-state index contributed by atoms with van der Waals surface area (Å²) in [5.41, 5.74) is 3.36. The van der Waals surface area contributed by atoms with Crippen molar-refractivity contribution in [1.82, 2.24) is 10.3 Å². The normalized spacial score (nSPS) is 12.3. The molecule has 176 valence electrons. The molecule has 1 atom stereocenters. The van der Waals surface area contributed by atoms with Gasteiger partial charge in [0, 0.05) is 48.9 Å². The number of carbonyl (C=O) groups excluding carboxylic acids is 2. The van der Waals surface area contributed by atoms with Crippen molar-refractivity contribution in [1.29, 1.82) is 0 Å². The second-order valence-electron chi connectivity index (χ2n) is 9.06. The fraction of sp³-hybridized carbons (Fsp3) is 0.360. The number of aromatic amines is 1. The van der Waals surface area contributed by atoms with Crippen LogP contribution in [0.3, 0.4) is 0 Å². The number of carbonyl (C=O) groups is 2. The second-order valence-corrected chi connectivity index (χ2v) is 9.06. The number of aromatic nitrogens is 1. The SMILES string of the molecule is COC(=O)[C@H](Cc1c[nH]c2ccc(O)c(-c3ccc(N(C)C)cc3)c12)NC(=O)OC(C)(C)C. The number of esters is 1. The fourth-order valence-corrected chi connectivity index (χ4v) is 3.67. The monoisotopic (exact) mass is 453 g/mol. The van der Waals surface area contributed by atoms with Crippen molar-refractivity contribution < 1.29 is 24.2 Å². The van der Waals surface area contributed by atoms with Crippen LogP contribution in [0.4, 0.5) is 10.5 Å². The third-order valence-corrected chi connectivity index (χ3v) is 5.18. The van der Waals surface area contributed by atoms with Gasteiger partial charge in [0.1, 0.15) is 17.4 Å². The molecule has 3 rings (SSSR count). The number of alkyl carbamates (subject to hydrolysis) is 1. The molecule has 0 aliphatic carbocycles. The maximum Gasteiger partial charge on any atom is 0.408 e. The fourth-order valence-electron chi connectivity index (χ4n) is 3.67. The molecule has 33 heavy (non-hydrogen) atoms. The molecule has 0 aliphatic rings. The molecule has 1 aromatic heterocycles. The zero-order valence-corrected chi connectivity index (χ0v) is 19.9. The number of ether oxygens (including phenoxy) is 2. The van der Waals surface area contributed by atoms with Crippen LogP contribution < -0.4 is 10.2 Å². The predicted octanol–water partition coefficient (Wildman–Crippen LogP) is 4.22. The van der Waals surface area contributed by atoms with Crippen molar-refractivity contribution in [3.63, 3.8) is 0 Å². The summed E-state index contributed by atoms with van der Waals surface area (Å²) in [6.07, 6.45) is 1.22. The van der Waals surface area contributed by atoms with Gasteiger partial charge in [-0.1, -0.05) is 12.1 Å². The summed E-state index contributed by atoms with van der Waals surface area (Å²) in [6, 6.07) is 10.3. The van der Waals surface area contributed by atoms with E-state index in [0.29, 0.717) is 5.56 Å². The molecule has 0 saturated carbocycles. The number of anilines is 1. The maximum atomic E-state index is 12.4. The van der Waals surface area contributed by atoms with Crippen molar-refractivity contribution in [3.05, 3.63) is 48.2 Å². The van der Waals surface area contributed by atoms with Gasteiger partial charge in [0.2, 0.25) is 0 Å². The van der Waals surface area contributed by atoms with Crippen molar-refractivity contribution in [2.75, 3.05) is 26.1 Å². The molecule has 3 aromatic rings. The van der Waals surface area contributed by atoms with Crippen molar-refractivity contribution in [2.45, 2.75) is 38.8 Å². The van der Waals surface area contributed by atoms with Crippen LogP contribution in [0.1, 0.15) is 26.3 Å². The van der Waals surface area contributed by atoms with Crippen LogP contribution >= 0.6 is 0 Å². The van der Waals surface area contributed by atoms with Gasteiger partial charge in [-0.25, -0.2) is 9.59 Å². The van der Waals surface area contributed by atoms with E-state index in [4.69, 9.17) is 9.47 Å². The van der Waals surface area contributed by atoms with E-state index < -0.39 is 23.7 Å². The molecule has 0 aliphatic heterocycles. The maximum absolute atomic E-state index is 12.4. The molecule has 1 heterocycles. The van der Waals surface area contributed by atoms with E-state index in [1.165, 1.54) is 7.11 Å². The van der Waals surface area contributed by atoms with Gasteiger partial charge in [0.05, 0.1) is 7.11 Å². The first-order valence-corrected chi connectivity index (χ1v) is 10.7. The number of phenols is 1. The zero-order chi connectivity index (χ0) is 24.3. The van der Waals surface area contributed by atoms with Crippen LogP contribution in [0.5, 0.6) is 5.75 Å². The third-order valence-electron chi connectivity index (χ3n) is 5.18. The molecule has 1 amide bonds. The number of nitrogens with one attached hydrogen (secondary N) is 2. The highest BCUT2D eigenvalue weighted by atomic mass is 16.6. The van der Waals surface area contributed by atoms with Gasteiger partial charge in [0.15, 0.2) is 0 Å². The average Bonchev–Trinajstić information content (AvgIpc) is 3.14. The number of hydrogen-bond donors (Lipinski definition) is 3. The zero-order valence-electron chi connectivity index (χ0n) is 19.9. The second kappa shape index (κ2) is 9.44. The van der Waals surface area contributed by atoms with Crippen LogP contribution in [-0.4, -0.2) is 55.0 Å². The number of benzene rings is 2. The molecule has 8 nitrogen and oxygen atoms in total. The number of aromatic hydroxyl groups is 1. The number of rotatable bonds is 6. The summed E-state index contributed by atoms with van der Waals surface area (Å²) < 4.78 is 10.2. The molecule has 0 bridgehead atoms. The van der Waals surface area contributed by atoms with E-state index >= 15 is 0 Å². The summed E-state index contributed by atoms with van der Waals surface area (Å²) in [6.45, 7) is 5.24. The average molecular weight is 454 g/mol. The highest BCUT2D eigenvalue weighted by Crippen LogP contribution is 2.39. The quantitative estimate of drug-likeness (QED) is 0.483. The number of hydrogen-bond acceptors (Lipinski definition) is 6. The van der Waals surface area contributed by atoms with Gasteiger partial charge in [0.25, 0.3) is 0 Å². The Morgan fingerprint density at radius 3 is 2.36 bits per heavy atom. The van der Waals surface area contributed by atoms with Gasteiger partial charge in [-0.2, -0.15) is 0 Å². The van der Waals surface area contributed by atoms with Crippen LogP contribution in [0.25, 0.3) is 22.0 Å². The molecular weight excluding hydrogens is 422 g/mol. The lowest BCUT2D eigenvalue weighted by molar-refractivity contribution is -0.143. The largest absolute Gasteiger partial charge is 0.507 e. The Morgan fingerprint density at radius 1 is 1.12 bits per heavy atom. The Balaban J connectivity index is 2.01. The van der Waals surface area contributed by atoms with Crippen molar-refractivity contribution in [2.24, 2.45) is 0 Å². The predicted molar refractivity (Wildman–Crippen MR) is 129 cm³/mol. The Labute approximate surface area is 193 Å². The highest BCUT2D eigenvalue weighted by Gasteiger charge is 2.27. The first-order chi connectivity index (χ1) is 15.5. The highest BCUT2D eigenvalue weighted by molar-refractivity contribution is 6.01. The smallest absolute Gasteiger partial charge is 0.408 e. The summed E-state index contributed by atoms with van der Waals surface area (Å²) in [7, 11) is 5.19. The third kappa shape index (κ3) is 5.58. The number of H-pyrrole nitrogens is 1. The summed E-state index contributed by atoms with van der Waals surface area (Å²) in [5, 5.41) is 14.1. The Kier molecular flexibility index (Phi) is 6.86. The number of fused-ring (bicyclic) bond motifs is 1. The summed E-state index contributed by atoms with van der Waals surface area (Å²) >= 11 is 0. The Bertz CT molecular complexity index is 1140. The molecular formula is C25H31N3O5. The van der Waals surface area contributed by atoms with Gasteiger partial charge in [-0.05, 0) is 56.2 Å². The van der Waals surface area contributed by atoms with Crippen LogP contribution in [0.15, 0.2) is 42.6 Å². The molecule has 0 saturated heterocycles. The van der Waals surface area contributed by atoms with Gasteiger partial charge in [-0.3, -0.25) is 0 Å². The minimum Gasteiger partial charge on any atom is -0.507 e. The molecule has 0 unspecified atom stereocenters. The lowest BCUT2D eigenvalue weighted by atomic mass is 9.95. The standard InChI is InChI=1S/C25H31N3O5/c1-25(2,3)33-24(31)27-19(23(30)32-6)13-16-14-26-18-11-12-20(29)22(21(16)18)15-7-9-17(10-8-15)28(4)5/h7-12,14,19,26,29H,13H2,1-6H3,(H,27,31)/t19-/m0/s1. The number of methoxy groups -OCH3 is 1. The van der Waals surface area contributed by atoms with E-state index in [1.54, 1.807) is 39.1 Å². The molecule has 3 N–H and O–H groups in total. The molecule has 8 heteroatoms. The minimum atomic E-state index is -0.963. The summed E-state index contributed by atoms with van der Waals surface area (Å²) in [4.78, 5) is 29.9. The van der Waals surface area contributed by atoms with Gasteiger partial charge < -0.3 is 29.8 Å². The Morgan fingerprint density at radius 2 is 1.79 bits per heavy atom. The number of amides is 1. The number of nitrogens with zero attached hydrogens (tertiary/aromatic N) is 1. The van der Waals surface area contributed by atoms with E-state index in [1.807, 2.05) is 43.3 Å². The van der Waals surface area contributed by atoms with Crippen molar-refractivity contribution >= 4 is 28.7 Å². The lowest BCUT2D eigenvalue weighted by Gasteiger charge is -2.22. The Hall–Kier alpha value is -3.68. The summed E-state index contributed by atoms with van der Waals surface area (Å²) in [5.74, 6) is -0.470. The van der Waals surface area contributed by atoms with E-state index in [9.17, 15) is 14.7 Å². The van der Waals surface area contributed by atoms with Gasteiger partial charge in [-0.15, -0.1) is 0 Å². The molecule has 2 aromatic carbocycles. The van der Waals surface area contributed by atoms with E-state index in [-0.39, 0.29) is 12.2 Å².